The highest BCUT2D eigenvalue weighted by atomic mass is 35.5. The number of nitrogens with two attached hydrogens (primary N) is 1. The molecule has 1 aliphatic rings. The Balaban J connectivity index is 1.90. The molecule has 0 radical (unpaired) electrons. The van der Waals surface area contributed by atoms with Gasteiger partial charge in [0.25, 0.3) is 0 Å². The summed E-state index contributed by atoms with van der Waals surface area (Å²) in [6.07, 6.45) is 2.03. The monoisotopic (exact) mass is 294 g/mol. The molecule has 0 bridgehead atoms. The maximum atomic E-state index is 12.3. The standard InChI is InChI=1S/C15H19ClN2O2/c16-14(12-4-2-1-3-5-12)15(20)18-8-6-11(7-9-18)10-13(17)19/h1-5,11,14H,6-10H2,(H2,17,19). The van der Waals surface area contributed by atoms with Crippen LogP contribution in [0.4, 0.5) is 0 Å². The van der Waals surface area contributed by atoms with E-state index in [0.717, 1.165) is 18.4 Å². The summed E-state index contributed by atoms with van der Waals surface area (Å²) < 4.78 is 0. The summed E-state index contributed by atoms with van der Waals surface area (Å²) >= 11 is 6.25. The summed E-state index contributed by atoms with van der Waals surface area (Å²) in [6.45, 7) is 1.29. The number of piperidine rings is 1. The minimum atomic E-state index is -0.635. The Morgan fingerprint density at radius 3 is 2.40 bits per heavy atom. The fourth-order valence-corrected chi connectivity index (χ4v) is 2.85. The first-order valence-electron chi connectivity index (χ1n) is 6.84. The third-order valence-electron chi connectivity index (χ3n) is 3.73. The zero-order valence-corrected chi connectivity index (χ0v) is 12.1. The van der Waals surface area contributed by atoms with Gasteiger partial charge in [0.15, 0.2) is 0 Å². The van der Waals surface area contributed by atoms with Gasteiger partial charge in [-0.3, -0.25) is 9.59 Å². The third-order valence-corrected chi connectivity index (χ3v) is 4.16. The number of likely N-dealkylation sites (tertiary alicyclic amines) is 1. The Bertz CT molecular complexity index is 470. The van der Waals surface area contributed by atoms with Gasteiger partial charge in [-0.15, -0.1) is 11.6 Å². The second-order valence-electron chi connectivity index (χ2n) is 5.21. The summed E-state index contributed by atoms with van der Waals surface area (Å²) in [5, 5.41) is -0.635. The number of carbonyl (C=O) groups excluding carboxylic acids is 2. The van der Waals surface area contributed by atoms with Crippen LogP contribution in [0.1, 0.15) is 30.2 Å². The van der Waals surface area contributed by atoms with Gasteiger partial charge in [-0.2, -0.15) is 0 Å². The van der Waals surface area contributed by atoms with Crippen molar-refractivity contribution in [1.82, 2.24) is 4.90 Å². The van der Waals surface area contributed by atoms with Crippen molar-refractivity contribution in [3.63, 3.8) is 0 Å². The Labute approximate surface area is 123 Å². The summed E-state index contributed by atoms with van der Waals surface area (Å²) in [5.41, 5.74) is 6.02. The lowest BCUT2D eigenvalue weighted by Gasteiger charge is -2.32. The molecule has 1 heterocycles. The van der Waals surface area contributed by atoms with Gasteiger partial charge >= 0.3 is 0 Å². The van der Waals surface area contributed by atoms with E-state index in [4.69, 9.17) is 17.3 Å². The van der Waals surface area contributed by atoms with Gasteiger partial charge in [0.1, 0.15) is 5.38 Å². The van der Waals surface area contributed by atoms with Gasteiger partial charge in [0.2, 0.25) is 11.8 Å². The number of halogens is 1. The molecule has 4 nitrogen and oxygen atoms in total. The summed E-state index contributed by atoms with van der Waals surface area (Å²) in [5.74, 6) is -0.0354. The molecule has 0 saturated carbocycles. The number of primary amides is 1. The second-order valence-corrected chi connectivity index (χ2v) is 5.65. The smallest absolute Gasteiger partial charge is 0.245 e. The molecule has 1 aliphatic heterocycles. The zero-order chi connectivity index (χ0) is 14.5. The van der Waals surface area contributed by atoms with Crippen LogP contribution in [0, 0.1) is 5.92 Å². The second kappa shape index (κ2) is 6.75. The number of hydrogen-bond acceptors (Lipinski definition) is 2. The van der Waals surface area contributed by atoms with Crippen molar-refractivity contribution in [2.45, 2.75) is 24.6 Å². The molecule has 1 aromatic carbocycles. The lowest BCUT2D eigenvalue weighted by molar-refractivity contribution is -0.132. The van der Waals surface area contributed by atoms with Crippen LogP contribution in [0.5, 0.6) is 0 Å². The van der Waals surface area contributed by atoms with Gasteiger partial charge in [0.05, 0.1) is 0 Å². The van der Waals surface area contributed by atoms with Crippen LogP contribution in [0.3, 0.4) is 0 Å². The number of alkyl halides is 1. The molecule has 2 amide bonds. The maximum Gasteiger partial charge on any atom is 0.245 e. The van der Waals surface area contributed by atoms with Crippen molar-refractivity contribution in [2.75, 3.05) is 13.1 Å². The van der Waals surface area contributed by atoms with Crippen molar-refractivity contribution in [3.05, 3.63) is 35.9 Å². The van der Waals surface area contributed by atoms with Crippen molar-refractivity contribution in [2.24, 2.45) is 11.7 Å². The van der Waals surface area contributed by atoms with Crippen LogP contribution in [0.15, 0.2) is 30.3 Å². The van der Waals surface area contributed by atoms with Crippen molar-refractivity contribution < 1.29 is 9.59 Å². The van der Waals surface area contributed by atoms with Crippen LogP contribution in [-0.4, -0.2) is 29.8 Å². The topological polar surface area (TPSA) is 63.4 Å². The van der Waals surface area contributed by atoms with Gasteiger partial charge in [-0.25, -0.2) is 0 Å². The highest BCUT2D eigenvalue weighted by molar-refractivity contribution is 6.30. The van der Waals surface area contributed by atoms with E-state index in [0.29, 0.717) is 25.4 Å². The first kappa shape index (κ1) is 14.9. The molecular weight excluding hydrogens is 276 g/mol. The lowest BCUT2D eigenvalue weighted by atomic mass is 9.93. The molecule has 0 aromatic heterocycles. The number of nitrogens with zero attached hydrogens (tertiary/aromatic N) is 1. The first-order valence-corrected chi connectivity index (χ1v) is 7.27. The summed E-state index contributed by atoms with van der Waals surface area (Å²) in [6, 6.07) is 9.35. The minimum absolute atomic E-state index is 0.0598. The van der Waals surface area contributed by atoms with Gasteiger partial charge in [-0.1, -0.05) is 30.3 Å². The van der Waals surface area contributed by atoms with Crippen LogP contribution in [-0.2, 0) is 9.59 Å². The van der Waals surface area contributed by atoms with Crippen LogP contribution in [0.2, 0.25) is 0 Å². The predicted molar refractivity (Wildman–Crippen MR) is 78.2 cm³/mol. The van der Waals surface area contributed by atoms with Crippen LogP contribution in [0.25, 0.3) is 0 Å². The highest BCUT2D eigenvalue weighted by Crippen LogP contribution is 2.26. The molecule has 108 valence electrons. The van der Waals surface area contributed by atoms with E-state index in [2.05, 4.69) is 0 Å². The molecule has 1 fully saturated rings. The van der Waals surface area contributed by atoms with Gasteiger partial charge < -0.3 is 10.6 Å². The van der Waals surface area contributed by atoms with Crippen molar-refractivity contribution in [1.29, 1.82) is 0 Å². The normalized spacial score (nSPS) is 17.8. The number of rotatable bonds is 4. The molecule has 1 aromatic rings. The quantitative estimate of drug-likeness (QED) is 0.864. The fourth-order valence-electron chi connectivity index (χ4n) is 2.57. The van der Waals surface area contributed by atoms with E-state index in [1.165, 1.54) is 0 Å². The van der Waals surface area contributed by atoms with E-state index in [1.807, 2.05) is 30.3 Å². The van der Waals surface area contributed by atoms with Gasteiger partial charge in [-0.05, 0) is 24.3 Å². The maximum absolute atomic E-state index is 12.3. The van der Waals surface area contributed by atoms with Crippen molar-refractivity contribution >= 4 is 23.4 Å². The Morgan fingerprint density at radius 2 is 1.85 bits per heavy atom. The Kier molecular flexibility index (Phi) is 5.01. The van der Waals surface area contributed by atoms with E-state index >= 15 is 0 Å². The summed E-state index contributed by atoms with van der Waals surface area (Å²) in [4.78, 5) is 25.0. The fraction of sp³-hybridized carbons (Fsp3) is 0.467. The molecular formula is C15H19ClN2O2. The minimum Gasteiger partial charge on any atom is -0.370 e. The average Bonchev–Trinajstić information content (AvgIpc) is 2.47. The largest absolute Gasteiger partial charge is 0.370 e. The summed E-state index contributed by atoms with van der Waals surface area (Å²) in [7, 11) is 0. The third kappa shape index (κ3) is 3.73. The molecule has 0 aliphatic carbocycles. The Hall–Kier alpha value is -1.55. The first-order chi connectivity index (χ1) is 9.58. The molecule has 0 spiro atoms. The lowest BCUT2D eigenvalue weighted by Crippen LogP contribution is -2.40. The zero-order valence-electron chi connectivity index (χ0n) is 11.3. The van der Waals surface area contributed by atoms with E-state index < -0.39 is 5.38 Å². The van der Waals surface area contributed by atoms with Crippen LogP contribution >= 0.6 is 11.6 Å². The predicted octanol–water partition coefficient (Wildman–Crippen LogP) is 2.08. The van der Waals surface area contributed by atoms with Gasteiger partial charge in [0, 0.05) is 19.5 Å². The Morgan fingerprint density at radius 1 is 1.25 bits per heavy atom. The highest BCUT2D eigenvalue weighted by Gasteiger charge is 2.28. The molecule has 5 heteroatoms. The average molecular weight is 295 g/mol. The van der Waals surface area contributed by atoms with E-state index in [1.54, 1.807) is 4.90 Å². The van der Waals surface area contributed by atoms with Crippen LogP contribution < -0.4 is 5.73 Å². The molecule has 20 heavy (non-hydrogen) atoms. The molecule has 2 rings (SSSR count). The van der Waals surface area contributed by atoms with E-state index in [-0.39, 0.29) is 11.8 Å². The molecule has 1 saturated heterocycles. The number of amides is 2. The molecule has 1 atom stereocenters. The molecule has 1 unspecified atom stereocenters. The SMILES string of the molecule is NC(=O)CC1CCN(C(=O)C(Cl)c2ccccc2)CC1. The van der Waals surface area contributed by atoms with E-state index in [9.17, 15) is 9.59 Å². The van der Waals surface area contributed by atoms with Crippen molar-refractivity contribution in [3.8, 4) is 0 Å². The molecule has 2 N–H and O–H groups in total. The number of benzene rings is 1. The number of carbonyl (C=O) groups is 2. The number of hydrogen-bond donors (Lipinski definition) is 1.